The van der Waals surface area contributed by atoms with Gasteiger partial charge in [-0.25, -0.2) is 0 Å². The van der Waals surface area contributed by atoms with Crippen LogP contribution < -0.4 is 15.2 Å². The van der Waals surface area contributed by atoms with E-state index in [2.05, 4.69) is 41.9 Å². The first-order valence-corrected chi connectivity index (χ1v) is 11.1. The third kappa shape index (κ3) is 4.55. The topological polar surface area (TPSA) is 87.2 Å². The van der Waals surface area contributed by atoms with E-state index in [0.29, 0.717) is 18.1 Å². The lowest BCUT2D eigenvalue weighted by Gasteiger charge is -2.36. The van der Waals surface area contributed by atoms with Gasteiger partial charge < -0.3 is 14.6 Å². The normalized spacial score (nSPS) is 14.8. The standard InChI is InChI=1S/C24H26N6O2/c31-21-8-6-18-7-9-22(28-24(18)27-21)32-17-2-1-12-29-13-15-30(16-14-29)20-5-3-4-19-23(20)26-11-10-25-19/h3-11H,1-2,12-17H2,(H,27,28,31). The van der Waals surface area contributed by atoms with Crippen molar-refractivity contribution in [2.75, 3.05) is 44.2 Å². The fourth-order valence-corrected chi connectivity index (χ4v) is 4.15. The molecule has 1 N–H and O–H groups in total. The van der Waals surface area contributed by atoms with Gasteiger partial charge in [-0.15, -0.1) is 0 Å². The summed E-state index contributed by atoms with van der Waals surface area (Å²) < 4.78 is 5.79. The fraction of sp³-hybridized carbons (Fsp3) is 0.333. The van der Waals surface area contributed by atoms with Crippen LogP contribution in [0.15, 0.2) is 59.7 Å². The van der Waals surface area contributed by atoms with Crippen molar-refractivity contribution in [1.29, 1.82) is 0 Å². The number of ether oxygens (including phenoxy) is 1. The van der Waals surface area contributed by atoms with Gasteiger partial charge >= 0.3 is 0 Å². The van der Waals surface area contributed by atoms with E-state index >= 15 is 0 Å². The minimum absolute atomic E-state index is 0.157. The highest BCUT2D eigenvalue weighted by Crippen LogP contribution is 2.24. The summed E-state index contributed by atoms with van der Waals surface area (Å²) in [4.78, 5) is 32.4. The molecule has 1 aromatic carbocycles. The lowest BCUT2D eigenvalue weighted by molar-refractivity contribution is 0.237. The second-order valence-corrected chi connectivity index (χ2v) is 8.00. The minimum atomic E-state index is -0.157. The zero-order chi connectivity index (χ0) is 21.8. The molecule has 5 rings (SSSR count). The highest BCUT2D eigenvalue weighted by molar-refractivity contribution is 5.88. The molecule has 32 heavy (non-hydrogen) atoms. The van der Waals surface area contributed by atoms with E-state index in [1.54, 1.807) is 18.5 Å². The number of piperazine rings is 1. The number of aromatic amines is 1. The molecule has 0 atom stereocenters. The highest BCUT2D eigenvalue weighted by Gasteiger charge is 2.19. The lowest BCUT2D eigenvalue weighted by Crippen LogP contribution is -2.46. The van der Waals surface area contributed by atoms with Crippen molar-refractivity contribution in [2.45, 2.75) is 12.8 Å². The predicted molar refractivity (Wildman–Crippen MR) is 125 cm³/mol. The molecule has 3 aromatic heterocycles. The molecule has 4 aromatic rings. The van der Waals surface area contributed by atoms with Gasteiger partial charge in [0.05, 0.1) is 17.8 Å². The molecule has 0 spiro atoms. The summed E-state index contributed by atoms with van der Waals surface area (Å²) in [5.74, 6) is 0.547. The van der Waals surface area contributed by atoms with Crippen LogP contribution in [0, 0.1) is 0 Å². The summed E-state index contributed by atoms with van der Waals surface area (Å²) in [6.07, 6.45) is 5.54. The Labute approximate surface area is 185 Å². The molecule has 8 nitrogen and oxygen atoms in total. The second kappa shape index (κ2) is 9.32. The Bertz CT molecular complexity index is 1260. The van der Waals surface area contributed by atoms with Crippen LogP contribution in [0.5, 0.6) is 5.88 Å². The van der Waals surface area contributed by atoms with Crippen LogP contribution >= 0.6 is 0 Å². The quantitative estimate of drug-likeness (QED) is 0.451. The summed E-state index contributed by atoms with van der Waals surface area (Å²) in [6, 6.07) is 13.2. The number of unbranched alkanes of at least 4 members (excludes halogenated alkanes) is 1. The van der Waals surface area contributed by atoms with Crippen LogP contribution in [-0.4, -0.2) is 64.2 Å². The number of benzene rings is 1. The number of nitrogens with zero attached hydrogens (tertiary/aromatic N) is 5. The molecule has 0 amide bonds. The maximum atomic E-state index is 11.5. The van der Waals surface area contributed by atoms with Gasteiger partial charge in [-0.1, -0.05) is 6.07 Å². The van der Waals surface area contributed by atoms with Gasteiger partial charge in [0.1, 0.15) is 11.2 Å². The van der Waals surface area contributed by atoms with Crippen LogP contribution in [0.3, 0.4) is 0 Å². The number of pyridine rings is 2. The van der Waals surface area contributed by atoms with Gasteiger partial charge in [0.25, 0.3) is 0 Å². The second-order valence-electron chi connectivity index (χ2n) is 8.00. The predicted octanol–water partition coefficient (Wildman–Crippen LogP) is 2.85. The Morgan fingerprint density at radius 3 is 2.69 bits per heavy atom. The summed E-state index contributed by atoms with van der Waals surface area (Å²) in [7, 11) is 0. The third-order valence-corrected chi connectivity index (χ3v) is 5.87. The number of fused-ring (bicyclic) bond motifs is 2. The molecule has 0 unspecified atom stereocenters. The maximum absolute atomic E-state index is 11.5. The Kier molecular flexibility index (Phi) is 5.93. The Hall–Kier alpha value is -3.52. The Morgan fingerprint density at radius 2 is 1.78 bits per heavy atom. The number of para-hydroxylation sites is 1. The zero-order valence-electron chi connectivity index (χ0n) is 17.9. The lowest BCUT2D eigenvalue weighted by atomic mass is 10.2. The molecular formula is C24H26N6O2. The van der Waals surface area contributed by atoms with Gasteiger partial charge in [0.15, 0.2) is 0 Å². The molecule has 1 aliphatic rings. The number of nitrogens with one attached hydrogen (secondary N) is 1. The van der Waals surface area contributed by atoms with Gasteiger partial charge in [-0.05, 0) is 43.7 Å². The molecule has 1 saturated heterocycles. The molecule has 1 fully saturated rings. The van der Waals surface area contributed by atoms with Crippen molar-refractivity contribution in [3.05, 3.63) is 65.2 Å². The number of H-pyrrole nitrogens is 1. The SMILES string of the molecule is O=c1ccc2ccc(OCCCCN3CCN(c4cccc5nccnc45)CC3)nc2[nH]1. The molecule has 0 radical (unpaired) electrons. The van der Waals surface area contributed by atoms with Crippen LogP contribution in [0.4, 0.5) is 5.69 Å². The van der Waals surface area contributed by atoms with Crippen LogP contribution in [-0.2, 0) is 0 Å². The monoisotopic (exact) mass is 430 g/mol. The zero-order valence-corrected chi connectivity index (χ0v) is 17.9. The summed E-state index contributed by atoms with van der Waals surface area (Å²) in [6.45, 7) is 5.74. The van der Waals surface area contributed by atoms with Crippen molar-refractivity contribution in [3.63, 3.8) is 0 Å². The van der Waals surface area contributed by atoms with Crippen molar-refractivity contribution >= 4 is 27.8 Å². The van der Waals surface area contributed by atoms with Crippen LogP contribution in [0.1, 0.15) is 12.8 Å². The van der Waals surface area contributed by atoms with Crippen molar-refractivity contribution in [2.24, 2.45) is 0 Å². The highest BCUT2D eigenvalue weighted by atomic mass is 16.5. The number of rotatable bonds is 7. The van der Waals surface area contributed by atoms with Crippen molar-refractivity contribution in [1.82, 2.24) is 24.8 Å². The summed E-state index contributed by atoms with van der Waals surface area (Å²) in [5, 5.41) is 0.895. The van der Waals surface area contributed by atoms with E-state index in [1.165, 1.54) is 11.8 Å². The molecule has 164 valence electrons. The molecular weight excluding hydrogens is 404 g/mol. The van der Waals surface area contributed by atoms with Gasteiger partial charge in [0, 0.05) is 56.1 Å². The van der Waals surface area contributed by atoms with E-state index in [0.717, 1.165) is 62.0 Å². The minimum Gasteiger partial charge on any atom is -0.478 e. The first-order valence-electron chi connectivity index (χ1n) is 11.1. The average molecular weight is 431 g/mol. The number of aromatic nitrogens is 4. The van der Waals surface area contributed by atoms with Crippen molar-refractivity contribution in [3.8, 4) is 5.88 Å². The third-order valence-electron chi connectivity index (χ3n) is 5.87. The summed E-state index contributed by atoms with van der Waals surface area (Å²) >= 11 is 0. The Morgan fingerprint density at radius 1 is 0.938 bits per heavy atom. The van der Waals surface area contributed by atoms with E-state index in [1.807, 2.05) is 18.2 Å². The van der Waals surface area contributed by atoms with Gasteiger partial charge in [-0.2, -0.15) is 4.98 Å². The molecule has 0 bridgehead atoms. The van der Waals surface area contributed by atoms with Gasteiger partial charge in [0.2, 0.25) is 11.4 Å². The van der Waals surface area contributed by atoms with E-state index in [4.69, 9.17) is 4.74 Å². The number of hydrogen-bond donors (Lipinski definition) is 1. The van der Waals surface area contributed by atoms with Gasteiger partial charge in [-0.3, -0.25) is 19.7 Å². The van der Waals surface area contributed by atoms with Crippen LogP contribution in [0.2, 0.25) is 0 Å². The smallest absolute Gasteiger partial charge is 0.249 e. The number of hydrogen-bond acceptors (Lipinski definition) is 7. The first-order chi connectivity index (χ1) is 15.8. The largest absolute Gasteiger partial charge is 0.478 e. The maximum Gasteiger partial charge on any atom is 0.249 e. The summed E-state index contributed by atoms with van der Waals surface area (Å²) in [5.41, 5.74) is 3.50. The van der Waals surface area contributed by atoms with Crippen LogP contribution in [0.25, 0.3) is 22.1 Å². The van der Waals surface area contributed by atoms with E-state index in [-0.39, 0.29) is 5.56 Å². The fourth-order valence-electron chi connectivity index (χ4n) is 4.15. The molecule has 0 saturated carbocycles. The molecule has 0 aliphatic carbocycles. The molecule has 8 heteroatoms. The molecule has 4 heterocycles. The molecule has 1 aliphatic heterocycles. The number of anilines is 1. The average Bonchev–Trinajstić information content (AvgIpc) is 2.83. The Balaban J connectivity index is 1.06. The van der Waals surface area contributed by atoms with E-state index in [9.17, 15) is 4.79 Å². The van der Waals surface area contributed by atoms with E-state index < -0.39 is 0 Å². The first kappa shape index (κ1) is 20.4. The van der Waals surface area contributed by atoms with Crippen molar-refractivity contribution < 1.29 is 4.74 Å².